The monoisotopic (exact) mass is 337 g/mol. The second kappa shape index (κ2) is 9.16. The molecule has 138 valence electrons. The zero-order valence-electron chi connectivity index (χ0n) is 15.4. The average Bonchev–Trinajstić information content (AvgIpc) is 2.67. The summed E-state index contributed by atoms with van der Waals surface area (Å²) in [5.74, 6) is 1.14. The maximum absolute atomic E-state index is 12.4. The molecule has 1 amide bonds. The van der Waals surface area contributed by atoms with Crippen LogP contribution in [0.2, 0.25) is 0 Å². The number of carbonyl (C=O) groups excluding carboxylic acids is 1. The minimum absolute atomic E-state index is 0.387. The van der Waals surface area contributed by atoms with Gasteiger partial charge in [0.1, 0.15) is 0 Å². The third-order valence-electron chi connectivity index (χ3n) is 6.30. The van der Waals surface area contributed by atoms with Crippen LogP contribution in [0.5, 0.6) is 0 Å². The lowest BCUT2D eigenvalue weighted by atomic mass is 9.90. The molecular formula is C19H35N3O2. The summed E-state index contributed by atoms with van der Waals surface area (Å²) >= 11 is 0. The number of piperazine rings is 1. The van der Waals surface area contributed by atoms with Crippen molar-refractivity contribution in [2.45, 2.75) is 51.5 Å². The number of rotatable bonds is 5. The predicted molar refractivity (Wildman–Crippen MR) is 96.1 cm³/mol. The fraction of sp³-hybridized carbons (Fsp3) is 0.947. The highest BCUT2D eigenvalue weighted by Gasteiger charge is 2.27. The first-order chi connectivity index (χ1) is 11.8. The van der Waals surface area contributed by atoms with Crippen molar-refractivity contribution in [2.24, 2.45) is 5.92 Å². The van der Waals surface area contributed by atoms with Gasteiger partial charge in [-0.15, -0.1) is 0 Å². The van der Waals surface area contributed by atoms with Crippen molar-refractivity contribution in [1.82, 2.24) is 14.7 Å². The van der Waals surface area contributed by atoms with Crippen molar-refractivity contribution in [3.05, 3.63) is 0 Å². The summed E-state index contributed by atoms with van der Waals surface area (Å²) in [5, 5.41) is 0. The van der Waals surface area contributed by atoms with Crippen LogP contribution < -0.4 is 0 Å². The predicted octanol–water partition coefficient (Wildman–Crippen LogP) is 1.82. The van der Waals surface area contributed by atoms with Gasteiger partial charge in [-0.2, -0.15) is 0 Å². The molecule has 0 saturated carbocycles. The highest BCUT2D eigenvalue weighted by molar-refractivity contribution is 5.76. The molecule has 3 saturated heterocycles. The molecule has 0 bridgehead atoms. The van der Waals surface area contributed by atoms with E-state index in [-0.39, 0.29) is 0 Å². The van der Waals surface area contributed by atoms with E-state index in [1.165, 1.54) is 38.8 Å². The largest absolute Gasteiger partial charge is 0.381 e. The summed E-state index contributed by atoms with van der Waals surface area (Å²) in [6.45, 7) is 11.6. The lowest BCUT2D eigenvalue weighted by Crippen LogP contribution is -2.48. The smallest absolute Gasteiger partial charge is 0.222 e. The zero-order valence-corrected chi connectivity index (χ0v) is 15.4. The topological polar surface area (TPSA) is 36.0 Å². The molecule has 0 atom stereocenters. The second-order valence-electron chi connectivity index (χ2n) is 7.68. The summed E-state index contributed by atoms with van der Waals surface area (Å²) in [5.41, 5.74) is 0. The van der Waals surface area contributed by atoms with Crippen LogP contribution in [-0.4, -0.2) is 85.7 Å². The van der Waals surface area contributed by atoms with E-state index in [4.69, 9.17) is 4.74 Å². The molecule has 24 heavy (non-hydrogen) atoms. The zero-order chi connectivity index (χ0) is 16.8. The third kappa shape index (κ3) is 4.93. The Kier molecular flexibility index (Phi) is 6.93. The van der Waals surface area contributed by atoms with Crippen molar-refractivity contribution in [1.29, 1.82) is 0 Å². The molecule has 3 fully saturated rings. The van der Waals surface area contributed by atoms with Gasteiger partial charge in [0.05, 0.1) is 0 Å². The van der Waals surface area contributed by atoms with Crippen LogP contribution >= 0.6 is 0 Å². The standard InChI is InChI=1S/C19H35N3O2/c1-2-20-11-13-22(14-12-20)19(23)4-3-17-5-9-21(10-6-17)18-7-15-24-16-8-18/h17-18H,2-16H2,1H3. The second-order valence-corrected chi connectivity index (χ2v) is 7.68. The third-order valence-corrected chi connectivity index (χ3v) is 6.30. The molecule has 3 aliphatic heterocycles. The van der Waals surface area contributed by atoms with E-state index in [1.54, 1.807) is 0 Å². The van der Waals surface area contributed by atoms with Crippen LogP contribution in [0.1, 0.15) is 45.4 Å². The maximum Gasteiger partial charge on any atom is 0.222 e. The lowest BCUT2D eigenvalue weighted by molar-refractivity contribution is -0.133. The number of hydrogen-bond acceptors (Lipinski definition) is 4. The number of nitrogens with zero attached hydrogens (tertiary/aromatic N) is 3. The van der Waals surface area contributed by atoms with Crippen LogP contribution in [-0.2, 0) is 9.53 Å². The molecule has 0 unspecified atom stereocenters. The summed E-state index contributed by atoms with van der Waals surface area (Å²) in [6.07, 6.45) is 6.80. The molecule has 0 aromatic carbocycles. The molecule has 0 N–H and O–H groups in total. The quantitative estimate of drug-likeness (QED) is 0.767. The van der Waals surface area contributed by atoms with Gasteiger partial charge in [-0.25, -0.2) is 0 Å². The van der Waals surface area contributed by atoms with E-state index in [0.29, 0.717) is 5.91 Å². The van der Waals surface area contributed by atoms with Crippen LogP contribution in [0.15, 0.2) is 0 Å². The minimum atomic E-state index is 0.387. The molecule has 0 aromatic rings. The van der Waals surface area contributed by atoms with Crippen molar-refractivity contribution in [2.75, 3.05) is 59.0 Å². The fourth-order valence-corrected chi connectivity index (χ4v) is 4.46. The van der Waals surface area contributed by atoms with Crippen LogP contribution in [0, 0.1) is 5.92 Å². The van der Waals surface area contributed by atoms with Crippen LogP contribution in [0.3, 0.4) is 0 Å². The molecule has 5 nitrogen and oxygen atoms in total. The summed E-state index contributed by atoms with van der Waals surface area (Å²) < 4.78 is 5.48. The summed E-state index contributed by atoms with van der Waals surface area (Å²) in [6, 6.07) is 0.746. The number of amides is 1. The van der Waals surface area contributed by atoms with Gasteiger partial charge in [0, 0.05) is 51.9 Å². The van der Waals surface area contributed by atoms with Crippen molar-refractivity contribution < 1.29 is 9.53 Å². The fourth-order valence-electron chi connectivity index (χ4n) is 4.46. The SMILES string of the molecule is CCN1CCN(C(=O)CCC2CCN(C3CCOCC3)CC2)CC1. The molecule has 0 spiro atoms. The molecule has 3 heterocycles. The Hall–Kier alpha value is -0.650. The molecule has 5 heteroatoms. The Morgan fingerprint density at radius 1 is 0.958 bits per heavy atom. The molecule has 3 rings (SSSR count). The number of carbonyl (C=O) groups is 1. The van der Waals surface area contributed by atoms with Gasteiger partial charge in [-0.1, -0.05) is 6.92 Å². The number of hydrogen-bond donors (Lipinski definition) is 0. The number of likely N-dealkylation sites (tertiary alicyclic amines) is 1. The number of likely N-dealkylation sites (N-methyl/N-ethyl adjacent to an activating group) is 1. The molecular weight excluding hydrogens is 302 g/mol. The van der Waals surface area contributed by atoms with Crippen molar-refractivity contribution in [3.63, 3.8) is 0 Å². The first-order valence-corrected chi connectivity index (χ1v) is 10.1. The Labute approximate surface area is 147 Å². The van der Waals surface area contributed by atoms with Gasteiger partial charge < -0.3 is 19.4 Å². The van der Waals surface area contributed by atoms with Crippen LogP contribution in [0.4, 0.5) is 0 Å². The Balaban J connectivity index is 1.32. The molecule has 0 radical (unpaired) electrons. The van der Waals surface area contributed by atoms with Gasteiger partial charge >= 0.3 is 0 Å². The normalized spacial score (nSPS) is 26.0. The Bertz CT molecular complexity index is 382. The summed E-state index contributed by atoms with van der Waals surface area (Å²) in [4.78, 5) is 19.6. The molecule has 3 aliphatic rings. The van der Waals surface area contributed by atoms with Crippen molar-refractivity contribution in [3.8, 4) is 0 Å². The molecule has 0 aromatic heterocycles. The Morgan fingerprint density at radius 3 is 2.25 bits per heavy atom. The van der Waals surface area contributed by atoms with Gasteiger partial charge in [-0.3, -0.25) is 4.79 Å². The first kappa shape index (κ1) is 18.2. The van der Waals surface area contributed by atoms with Crippen molar-refractivity contribution >= 4 is 5.91 Å². The highest BCUT2D eigenvalue weighted by Crippen LogP contribution is 2.26. The molecule has 0 aliphatic carbocycles. The lowest BCUT2D eigenvalue weighted by Gasteiger charge is -2.39. The van der Waals surface area contributed by atoms with E-state index in [9.17, 15) is 4.79 Å². The number of ether oxygens (including phenoxy) is 1. The minimum Gasteiger partial charge on any atom is -0.381 e. The van der Waals surface area contributed by atoms with E-state index in [0.717, 1.165) is 70.7 Å². The highest BCUT2D eigenvalue weighted by atomic mass is 16.5. The van der Waals surface area contributed by atoms with E-state index < -0.39 is 0 Å². The summed E-state index contributed by atoms with van der Waals surface area (Å²) in [7, 11) is 0. The van der Waals surface area contributed by atoms with Gasteiger partial charge in [-0.05, 0) is 57.7 Å². The Morgan fingerprint density at radius 2 is 1.62 bits per heavy atom. The van der Waals surface area contributed by atoms with Gasteiger partial charge in [0.2, 0.25) is 5.91 Å². The van der Waals surface area contributed by atoms with Crippen LogP contribution in [0.25, 0.3) is 0 Å². The number of piperidine rings is 1. The first-order valence-electron chi connectivity index (χ1n) is 10.1. The van der Waals surface area contributed by atoms with E-state index in [1.807, 2.05) is 0 Å². The maximum atomic E-state index is 12.4. The van der Waals surface area contributed by atoms with Gasteiger partial charge in [0.15, 0.2) is 0 Å². The van der Waals surface area contributed by atoms with Gasteiger partial charge in [0.25, 0.3) is 0 Å². The van der Waals surface area contributed by atoms with E-state index >= 15 is 0 Å². The van der Waals surface area contributed by atoms with E-state index in [2.05, 4.69) is 21.6 Å². The average molecular weight is 338 g/mol.